The lowest BCUT2D eigenvalue weighted by molar-refractivity contribution is -0.116. The van der Waals surface area contributed by atoms with E-state index in [1.807, 2.05) is 0 Å². The maximum atomic E-state index is 12.8. The zero-order valence-electron chi connectivity index (χ0n) is 5.93. The number of alkyl halides is 1. The molecule has 0 aromatic heterocycles. The van der Waals surface area contributed by atoms with Crippen LogP contribution in [0.15, 0.2) is 24.3 Å². The maximum absolute atomic E-state index is 12.8. The minimum absolute atomic E-state index is 0.322. The molecule has 12 heavy (non-hydrogen) atoms. The second kappa shape index (κ2) is 3.63. The van der Waals surface area contributed by atoms with E-state index >= 15 is 0 Å². The predicted molar refractivity (Wildman–Crippen MR) is 41.1 cm³/mol. The van der Waals surface area contributed by atoms with Crippen LogP contribution in [-0.2, 0) is 4.79 Å². The molecule has 1 atom stereocenters. The van der Waals surface area contributed by atoms with Gasteiger partial charge in [0.05, 0.1) is 0 Å². The Kier molecular flexibility index (Phi) is 2.76. The molecule has 0 spiro atoms. The number of hydrogen-bond acceptors (Lipinski definition) is 1. The van der Waals surface area contributed by atoms with Crippen LogP contribution in [0.1, 0.15) is 11.7 Å². The first-order valence-electron chi connectivity index (χ1n) is 3.21. The van der Waals surface area contributed by atoms with Crippen LogP contribution in [0.2, 0.25) is 0 Å². The third-order valence-electron chi connectivity index (χ3n) is 1.38. The van der Waals surface area contributed by atoms with E-state index in [9.17, 15) is 13.6 Å². The molecule has 0 bridgehead atoms. The van der Waals surface area contributed by atoms with E-state index in [0.717, 1.165) is 6.07 Å². The first kappa shape index (κ1) is 9.13. The van der Waals surface area contributed by atoms with Gasteiger partial charge in [-0.25, -0.2) is 8.78 Å². The van der Waals surface area contributed by atoms with Gasteiger partial charge in [0, 0.05) is 5.56 Å². The topological polar surface area (TPSA) is 17.1 Å². The van der Waals surface area contributed by atoms with Gasteiger partial charge in [-0.3, -0.25) is 4.79 Å². The molecule has 0 N–H and O–H groups in total. The zero-order chi connectivity index (χ0) is 9.14. The molecule has 64 valence electrons. The maximum Gasteiger partial charge on any atom is 0.260 e. The molecule has 0 aliphatic carbocycles. The van der Waals surface area contributed by atoms with Crippen LogP contribution in [0, 0.1) is 5.82 Å². The highest BCUT2D eigenvalue weighted by Crippen LogP contribution is 2.22. The largest absolute Gasteiger partial charge is 0.278 e. The summed E-state index contributed by atoms with van der Waals surface area (Å²) in [4.78, 5) is 10.3. The molecular formula is C8H5ClF2O. The Morgan fingerprint density at radius 2 is 2.00 bits per heavy atom. The van der Waals surface area contributed by atoms with Crippen molar-refractivity contribution >= 4 is 16.8 Å². The Morgan fingerprint density at radius 1 is 1.42 bits per heavy atom. The van der Waals surface area contributed by atoms with Crippen LogP contribution >= 0.6 is 11.6 Å². The van der Waals surface area contributed by atoms with Gasteiger partial charge >= 0.3 is 0 Å². The van der Waals surface area contributed by atoms with E-state index in [2.05, 4.69) is 0 Å². The van der Waals surface area contributed by atoms with Crippen LogP contribution in [0.3, 0.4) is 0 Å². The Bertz CT molecular complexity index is 301. The summed E-state index contributed by atoms with van der Waals surface area (Å²) >= 11 is 4.85. The summed E-state index contributed by atoms with van der Waals surface area (Å²) in [5.41, 5.74) is -0.322. The molecule has 0 aliphatic rings. The van der Waals surface area contributed by atoms with Crippen molar-refractivity contribution in [3.05, 3.63) is 35.6 Å². The molecular weight excluding hydrogens is 186 g/mol. The van der Waals surface area contributed by atoms with Crippen LogP contribution in [0.5, 0.6) is 0 Å². The normalized spacial score (nSPS) is 12.6. The minimum Gasteiger partial charge on any atom is -0.278 e. The Balaban J connectivity index is 3.02. The Hall–Kier alpha value is -0.960. The molecule has 0 saturated heterocycles. The number of carbonyl (C=O) groups is 1. The number of carbonyl (C=O) groups excluding carboxylic acids is 1. The van der Waals surface area contributed by atoms with Gasteiger partial charge in [-0.05, 0) is 17.7 Å². The summed E-state index contributed by atoms with van der Waals surface area (Å²) in [5.74, 6) is -0.765. The molecule has 0 aliphatic heterocycles. The average molecular weight is 191 g/mol. The number of halogens is 3. The van der Waals surface area contributed by atoms with Crippen molar-refractivity contribution in [1.29, 1.82) is 0 Å². The predicted octanol–water partition coefficient (Wildman–Crippen LogP) is 2.60. The molecule has 1 nitrogen and oxygen atoms in total. The third kappa shape index (κ3) is 1.80. The van der Waals surface area contributed by atoms with Gasteiger partial charge in [0.1, 0.15) is 5.82 Å². The van der Waals surface area contributed by atoms with Crippen molar-refractivity contribution < 1.29 is 13.6 Å². The van der Waals surface area contributed by atoms with Gasteiger partial charge in [-0.2, -0.15) is 0 Å². The SMILES string of the molecule is O=C(Cl)C(F)c1ccccc1F. The highest BCUT2D eigenvalue weighted by molar-refractivity contribution is 6.64. The van der Waals surface area contributed by atoms with Gasteiger partial charge in [0.2, 0.25) is 6.17 Å². The standard InChI is InChI=1S/C8H5ClF2O/c9-8(12)7(11)5-3-1-2-4-6(5)10/h1-4,7H. The monoisotopic (exact) mass is 190 g/mol. The van der Waals surface area contributed by atoms with Crippen molar-refractivity contribution in [1.82, 2.24) is 0 Å². The summed E-state index contributed by atoms with van der Waals surface area (Å²) in [6.07, 6.45) is -2.08. The van der Waals surface area contributed by atoms with Crippen molar-refractivity contribution in [3.63, 3.8) is 0 Å². The summed E-state index contributed by atoms with van der Waals surface area (Å²) < 4.78 is 25.5. The Labute approximate surface area is 73.0 Å². The van der Waals surface area contributed by atoms with Crippen molar-refractivity contribution in [3.8, 4) is 0 Å². The molecule has 4 heteroatoms. The van der Waals surface area contributed by atoms with E-state index in [1.54, 1.807) is 0 Å². The second-order valence-electron chi connectivity index (χ2n) is 2.19. The van der Waals surface area contributed by atoms with Crippen LogP contribution in [0.25, 0.3) is 0 Å². The van der Waals surface area contributed by atoms with Crippen LogP contribution in [0.4, 0.5) is 8.78 Å². The van der Waals surface area contributed by atoms with E-state index in [-0.39, 0.29) is 5.56 Å². The lowest BCUT2D eigenvalue weighted by atomic mass is 10.1. The Morgan fingerprint density at radius 3 is 2.50 bits per heavy atom. The smallest absolute Gasteiger partial charge is 0.260 e. The van der Waals surface area contributed by atoms with E-state index in [4.69, 9.17) is 11.6 Å². The molecule has 1 aromatic rings. The van der Waals surface area contributed by atoms with E-state index in [1.165, 1.54) is 18.2 Å². The summed E-state index contributed by atoms with van der Waals surface area (Å²) in [6.45, 7) is 0. The fourth-order valence-corrected chi connectivity index (χ4v) is 0.920. The third-order valence-corrected chi connectivity index (χ3v) is 1.57. The first-order chi connectivity index (χ1) is 5.63. The fraction of sp³-hybridized carbons (Fsp3) is 0.125. The van der Waals surface area contributed by atoms with Gasteiger partial charge in [0.25, 0.3) is 5.24 Å². The van der Waals surface area contributed by atoms with Crippen molar-refractivity contribution in [2.24, 2.45) is 0 Å². The number of benzene rings is 1. The fourth-order valence-electron chi connectivity index (χ4n) is 0.803. The van der Waals surface area contributed by atoms with Gasteiger partial charge in [-0.15, -0.1) is 0 Å². The first-order valence-corrected chi connectivity index (χ1v) is 3.58. The zero-order valence-corrected chi connectivity index (χ0v) is 6.68. The number of rotatable bonds is 2. The molecule has 0 fully saturated rings. The molecule has 1 unspecified atom stereocenters. The lowest BCUT2D eigenvalue weighted by Gasteiger charge is -2.03. The van der Waals surface area contributed by atoms with Crippen LogP contribution < -0.4 is 0 Å². The number of hydrogen-bond donors (Lipinski definition) is 0. The molecule has 0 amide bonds. The second-order valence-corrected chi connectivity index (χ2v) is 2.56. The molecule has 0 saturated carbocycles. The molecule has 0 heterocycles. The van der Waals surface area contributed by atoms with Gasteiger partial charge < -0.3 is 0 Å². The van der Waals surface area contributed by atoms with Crippen molar-refractivity contribution in [2.75, 3.05) is 0 Å². The van der Waals surface area contributed by atoms with Crippen LogP contribution in [-0.4, -0.2) is 5.24 Å². The van der Waals surface area contributed by atoms with Gasteiger partial charge in [0.15, 0.2) is 0 Å². The van der Waals surface area contributed by atoms with Crippen molar-refractivity contribution in [2.45, 2.75) is 6.17 Å². The summed E-state index contributed by atoms with van der Waals surface area (Å²) in [7, 11) is 0. The van der Waals surface area contributed by atoms with E-state index in [0.29, 0.717) is 0 Å². The van der Waals surface area contributed by atoms with E-state index < -0.39 is 17.2 Å². The lowest BCUT2D eigenvalue weighted by Crippen LogP contribution is -2.02. The molecule has 1 aromatic carbocycles. The highest BCUT2D eigenvalue weighted by Gasteiger charge is 2.20. The summed E-state index contributed by atoms with van der Waals surface area (Å²) in [6, 6.07) is 5.09. The highest BCUT2D eigenvalue weighted by atomic mass is 35.5. The molecule has 1 rings (SSSR count). The molecule has 0 radical (unpaired) electrons. The minimum atomic E-state index is -2.08. The average Bonchev–Trinajstić information content (AvgIpc) is 2.04. The quantitative estimate of drug-likeness (QED) is 0.656. The summed E-state index contributed by atoms with van der Waals surface area (Å²) in [5, 5.41) is -1.21. The van der Waals surface area contributed by atoms with Gasteiger partial charge in [-0.1, -0.05) is 18.2 Å².